The summed E-state index contributed by atoms with van der Waals surface area (Å²) in [7, 11) is -3.34. The van der Waals surface area contributed by atoms with Crippen molar-refractivity contribution in [2.45, 2.75) is 30.8 Å². The standard InChI is InChI=1S/C17H18ClFN3O4S/c1-27(25,26)9-17(24)5-4-10(7-17)15-12(8-20-22-15)16(23)21-11-2-3-14(19)13(18)6-11/h2-3,6,10,24H,4-5,7,9H2,1H3,(H,20,22)(H,21,23). The first-order valence-corrected chi connectivity index (χ1v) is 10.6. The molecule has 1 aromatic carbocycles. The fourth-order valence-electron chi connectivity index (χ4n) is 3.46. The minimum atomic E-state index is -3.34. The molecule has 1 amide bonds. The summed E-state index contributed by atoms with van der Waals surface area (Å²) in [5.41, 5.74) is -0.462. The average molecular weight is 415 g/mol. The van der Waals surface area contributed by atoms with Crippen LogP contribution in [0.4, 0.5) is 10.1 Å². The number of halogens is 2. The summed E-state index contributed by atoms with van der Waals surface area (Å²) in [6, 6.07) is 3.80. The quantitative estimate of drug-likeness (QED) is 0.695. The van der Waals surface area contributed by atoms with Gasteiger partial charge in [-0.15, -0.1) is 0 Å². The molecule has 1 fully saturated rings. The summed E-state index contributed by atoms with van der Waals surface area (Å²) in [4.78, 5) is 12.5. The van der Waals surface area contributed by atoms with E-state index in [9.17, 15) is 22.7 Å². The molecule has 10 heteroatoms. The van der Waals surface area contributed by atoms with Crippen molar-refractivity contribution >= 4 is 33.0 Å². The molecule has 1 aliphatic rings. The van der Waals surface area contributed by atoms with Gasteiger partial charge < -0.3 is 10.4 Å². The molecule has 3 rings (SSSR count). The largest absolute Gasteiger partial charge is 0.389 e. The smallest absolute Gasteiger partial charge is 0.259 e. The third-order valence-electron chi connectivity index (χ3n) is 4.52. The van der Waals surface area contributed by atoms with E-state index in [4.69, 9.17) is 11.6 Å². The molecule has 1 aromatic heterocycles. The van der Waals surface area contributed by atoms with E-state index in [1.807, 2.05) is 0 Å². The first-order valence-electron chi connectivity index (χ1n) is 8.19. The lowest BCUT2D eigenvalue weighted by Crippen LogP contribution is -2.34. The van der Waals surface area contributed by atoms with Gasteiger partial charge in [-0.05, 0) is 37.5 Å². The molecule has 27 heavy (non-hydrogen) atoms. The van der Waals surface area contributed by atoms with Crippen LogP contribution in [0, 0.1) is 12.0 Å². The van der Waals surface area contributed by atoms with E-state index in [-0.39, 0.29) is 28.7 Å². The van der Waals surface area contributed by atoms with E-state index in [1.165, 1.54) is 12.1 Å². The van der Waals surface area contributed by atoms with Crippen molar-refractivity contribution in [2.75, 3.05) is 17.3 Å². The predicted octanol–water partition coefficient (Wildman–Crippen LogP) is 2.30. The number of aromatic nitrogens is 2. The summed E-state index contributed by atoms with van der Waals surface area (Å²) in [6.07, 6.45) is 4.70. The normalized spacial score (nSPS) is 22.7. The van der Waals surface area contributed by atoms with Gasteiger partial charge in [0.25, 0.3) is 5.91 Å². The van der Waals surface area contributed by atoms with Crippen LogP contribution in [0.15, 0.2) is 18.2 Å². The van der Waals surface area contributed by atoms with Gasteiger partial charge in [-0.1, -0.05) is 11.6 Å². The first-order chi connectivity index (χ1) is 12.6. The van der Waals surface area contributed by atoms with Crippen LogP contribution >= 0.6 is 11.6 Å². The Morgan fingerprint density at radius 1 is 1.56 bits per heavy atom. The minimum absolute atomic E-state index is 0.120. The second kappa shape index (κ2) is 7.21. The van der Waals surface area contributed by atoms with E-state index < -0.39 is 27.2 Å². The second-order valence-corrected chi connectivity index (χ2v) is 9.47. The zero-order valence-corrected chi connectivity index (χ0v) is 16.0. The molecule has 2 unspecified atom stereocenters. The summed E-state index contributed by atoms with van der Waals surface area (Å²) in [6.45, 7) is 0. The van der Waals surface area contributed by atoms with E-state index in [0.29, 0.717) is 24.2 Å². The van der Waals surface area contributed by atoms with Gasteiger partial charge >= 0.3 is 0 Å². The highest BCUT2D eigenvalue weighted by molar-refractivity contribution is 7.90. The van der Waals surface area contributed by atoms with Crippen LogP contribution in [-0.4, -0.2) is 47.2 Å². The van der Waals surface area contributed by atoms with E-state index in [2.05, 4.69) is 21.7 Å². The van der Waals surface area contributed by atoms with Crippen LogP contribution in [0.2, 0.25) is 5.02 Å². The van der Waals surface area contributed by atoms with Crippen LogP contribution in [0.5, 0.6) is 0 Å². The Kier molecular flexibility index (Phi) is 5.29. The molecule has 2 atom stereocenters. The summed E-state index contributed by atoms with van der Waals surface area (Å²) < 4.78 is 36.3. The van der Waals surface area contributed by atoms with Crippen molar-refractivity contribution in [3.05, 3.63) is 46.5 Å². The number of H-pyrrole nitrogens is 1. The molecule has 1 saturated carbocycles. The van der Waals surface area contributed by atoms with Crippen molar-refractivity contribution in [2.24, 2.45) is 0 Å². The molecule has 1 radical (unpaired) electrons. The highest BCUT2D eigenvalue weighted by Gasteiger charge is 2.42. The molecule has 3 N–H and O–H groups in total. The summed E-state index contributed by atoms with van der Waals surface area (Å²) >= 11 is 5.71. The Balaban J connectivity index is 1.76. The van der Waals surface area contributed by atoms with Crippen molar-refractivity contribution in [3.63, 3.8) is 0 Å². The van der Waals surface area contributed by atoms with Gasteiger partial charge in [0.2, 0.25) is 0 Å². The van der Waals surface area contributed by atoms with E-state index >= 15 is 0 Å². The van der Waals surface area contributed by atoms with Gasteiger partial charge in [0.1, 0.15) is 15.7 Å². The highest BCUT2D eigenvalue weighted by atomic mass is 35.5. The zero-order valence-electron chi connectivity index (χ0n) is 14.4. The fraction of sp³-hybridized carbons (Fsp3) is 0.412. The molecular weight excluding hydrogens is 397 g/mol. The number of hydrogen-bond donors (Lipinski definition) is 3. The number of anilines is 1. The average Bonchev–Trinajstić information content (AvgIpc) is 3.16. The number of aliphatic hydroxyl groups is 1. The molecule has 2 aromatic rings. The fourth-order valence-corrected chi connectivity index (χ4v) is 4.88. The van der Waals surface area contributed by atoms with Crippen molar-refractivity contribution in [1.29, 1.82) is 0 Å². The van der Waals surface area contributed by atoms with Gasteiger partial charge in [0.05, 0.1) is 33.8 Å². The summed E-state index contributed by atoms with van der Waals surface area (Å²) in [5.74, 6) is -1.72. The van der Waals surface area contributed by atoms with Crippen LogP contribution in [-0.2, 0) is 9.84 Å². The third-order valence-corrected chi connectivity index (χ3v) is 5.87. The number of hydrogen-bond acceptors (Lipinski definition) is 5. The SMILES string of the molecule is CS(=O)(=O)CC1(O)CCC(c2n[nH][c]c2C(=O)Nc2ccc(F)c(Cl)c2)C1. The lowest BCUT2D eigenvalue weighted by atomic mass is 9.97. The van der Waals surface area contributed by atoms with Gasteiger partial charge in [-0.25, -0.2) is 12.8 Å². The number of carbonyl (C=O) groups excluding carboxylic acids is 1. The molecule has 0 aliphatic heterocycles. The molecule has 0 bridgehead atoms. The number of nitrogens with zero attached hydrogens (tertiary/aromatic N) is 1. The molecule has 7 nitrogen and oxygen atoms in total. The number of aromatic amines is 1. The molecule has 0 spiro atoms. The van der Waals surface area contributed by atoms with Gasteiger partial charge in [0.15, 0.2) is 0 Å². The Morgan fingerprint density at radius 2 is 2.30 bits per heavy atom. The molecule has 145 valence electrons. The molecule has 1 aliphatic carbocycles. The Morgan fingerprint density at radius 3 is 2.96 bits per heavy atom. The van der Waals surface area contributed by atoms with Crippen LogP contribution in [0.25, 0.3) is 0 Å². The monoisotopic (exact) mass is 414 g/mol. The van der Waals surface area contributed by atoms with E-state index in [1.54, 1.807) is 0 Å². The third kappa shape index (κ3) is 4.66. The number of sulfone groups is 1. The molecule has 0 saturated heterocycles. The van der Waals surface area contributed by atoms with Gasteiger partial charge in [-0.2, -0.15) is 5.10 Å². The number of rotatable bonds is 5. The molecule has 1 heterocycles. The maximum atomic E-state index is 13.2. The van der Waals surface area contributed by atoms with E-state index in [0.717, 1.165) is 12.3 Å². The molecular formula is C17H18ClFN3O4S. The second-order valence-electron chi connectivity index (χ2n) is 6.93. The topological polar surface area (TPSA) is 112 Å². The Bertz CT molecular complexity index is 978. The summed E-state index contributed by atoms with van der Waals surface area (Å²) in [5, 5.41) is 19.6. The van der Waals surface area contributed by atoms with Crippen LogP contribution in [0.1, 0.15) is 41.2 Å². The maximum Gasteiger partial charge on any atom is 0.259 e. The number of carbonyl (C=O) groups is 1. The Labute approximate surface area is 160 Å². The number of benzene rings is 1. The van der Waals surface area contributed by atoms with Crippen LogP contribution in [0.3, 0.4) is 0 Å². The lowest BCUT2D eigenvalue weighted by Gasteiger charge is -2.21. The van der Waals surface area contributed by atoms with Crippen LogP contribution < -0.4 is 5.32 Å². The van der Waals surface area contributed by atoms with Crippen molar-refractivity contribution in [3.8, 4) is 0 Å². The zero-order chi connectivity index (χ0) is 19.8. The maximum absolute atomic E-state index is 13.2. The minimum Gasteiger partial charge on any atom is -0.389 e. The van der Waals surface area contributed by atoms with Gasteiger partial charge in [-0.3, -0.25) is 9.89 Å². The van der Waals surface area contributed by atoms with Crippen molar-refractivity contribution in [1.82, 2.24) is 10.2 Å². The highest BCUT2D eigenvalue weighted by Crippen LogP contribution is 2.42. The number of amides is 1. The van der Waals surface area contributed by atoms with Gasteiger partial charge in [0, 0.05) is 17.9 Å². The lowest BCUT2D eigenvalue weighted by molar-refractivity contribution is 0.0697. The first kappa shape index (κ1) is 19.8. The van der Waals surface area contributed by atoms with Crippen molar-refractivity contribution < 1.29 is 22.7 Å². The number of nitrogens with one attached hydrogen (secondary N) is 2. The Hall–Kier alpha value is -1.97. The predicted molar refractivity (Wildman–Crippen MR) is 98.0 cm³/mol.